The normalized spacial score (nSPS) is 12.9. The summed E-state index contributed by atoms with van der Waals surface area (Å²) in [6, 6.07) is 6.98. The standard InChI is InChI=1S/C11H9F3O5S/c1-18-10(15)7-9(8-5-3-2-4-6-8)19-20(16,17)11(12,13)14/h2-7H,1H3/b9-7-. The van der Waals surface area contributed by atoms with Gasteiger partial charge in [-0.25, -0.2) is 4.79 Å². The van der Waals surface area contributed by atoms with E-state index in [4.69, 9.17) is 0 Å². The highest BCUT2D eigenvalue weighted by atomic mass is 32.2. The van der Waals surface area contributed by atoms with E-state index in [0.717, 1.165) is 7.11 Å². The monoisotopic (exact) mass is 310 g/mol. The van der Waals surface area contributed by atoms with Crippen molar-refractivity contribution in [3.05, 3.63) is 42.0 Å². The van der Waals surface area contributed by atoms with E-state index in [1.54, 1.807) is 6.07 Å². The van der Waals surface area contributed by atoms with E-state index in [-0.39, 0.29) is 5.56 Å². The Morgan fingerprint density at radius 3 is 2.20 bits per heavy atom. The Labute approximate surface area is 112 Å². The molecule has 0 radical (unpaired) electrons. The van der Waals surface area contributed by atoms with Crippen molar-refractivity contribution in [2.75, 3.05) is 7.11 Å². The molecule has 0 bridgehead atoms. The van der Waals surface area contributed by atoms with Crippen LogP contribution in [0.5, 0.6) is 0 Å². The van der Waals surface area contributed by atoms with Crippen LogP contribution < -0.4 is 0 Å². The average Bonchev–Trinajstić information content (AvgIpc) is 2.37. The van der Waals surface area contributed by atoms with Crippen LogP contribution in [0.25, 0.3) is 5.76 Å². The van der Waals surface area contributed by atoms with Crippen molar-refractivity contribution in [3.63, 3.8) is 0 Å². The summed E-state index contributed by atoms with van der Waals surface area (Å²) in [5.74, 6) is -1.84. The maximum absolute atomic E-state index is 12.3. The van der Waals surface area contributed by atoms with E-state index < -0.39 is 27.4 Å². The van der Waals surface area contributed by atoms with E-state index in [1.807, 2.05) is 0 Å². The zero-order valence-corrected chi connectivity index (χ0v) is 10.9. The minimum atomic E-state index is -5.88. The van der Waals surface area contributed by atoms with Crippen LogP contribution in [0, 0.1) is 0 Å². The summed E-state index contributed by atoms with van der Waals surface area (Å²) in [5, 5.41) is 0. The second kappa shape index (κ2) is 5.95. The van der Waals surface area contributed by atoms with Gasteiger partial charge in [-0.05, 0) is 0 Å². The maximum atomic E-state index is 12.3. The third kappa shape index (κ3) is 3.98. The van der Waals surface area contributed by atoms with E-state index in [2.05, 4.69) is 8.92 Å². The molecule has 0 aromatic heterocycles. The quantitative estimate of drug-likeness (QED) is 0.280. The second-order valence-corrected chi connectivity index (χ2v) is 4.92. The summed E-state index contributed by atoms with van der Waals surface area (Å²) in [6.45, 7) is 0. The molecule has 110 valence electrons. The first-order valence-electron chi connectivity index (χ1n) is 5.03. The van der Waals surface area contributed by atoms with Crippen LogP contribution in [-0.4, -0.2) is 27.0 Å². The lowest BCUT2D eigenvalue weighted by molar-refractivity contribution is -0.134. The average molecular weight is 310 g/mol. The number of esters is 1. The molecular formula is C11H9F3O5S. The summed E-state index contributed by atoms with van der Waals surface area (Å²) in [6.07, 6.45) is 0.513. The lowest BCUT2D eigenvalue weighted by atomic mass is 10.2. The molecule has 1 aromatic rings. The van der Waals surface area contributed by atoms with Gasteiger partial charge >= 0.3 is 21.6 Å². The molecule has 0 aliphatic carbocycles. The Hall–Kier alpha value is -2.03. The van der Waals surface area contributed by atoms with Gasteiger partial charge in [-0.3, -0.25) is 0 Å². The van der Waals surface area contributed by atoms with Crippen molar-refractivity contribution in [2.45, 2.75) is 5.51 Å². The van der Waals surface area contributed by atoms with Crippen molar-refractivity contribution >= 4 is 21.8 Å². The van der Waals surface area contributed by atoms with Crippen LogP contribution in [0.2, 0.25) is 0 Å². The van der Waals surface area contributed by atoms with Gasteiger partial charge in [0.2, 0.25) is 0 Å². The van der Waals surface area contributed by atoms with Gasteiger partial charge < -0.3 is 8.92 Å². The zero-order chi connectivity index (χ0) is 15.4. The number of alkyl halides is 3. The molecule has 9 heteroatoms. The van der Waals surface area contributed by atoms with E-state index >= 15 is 0 Å². The van der Waals surface area contributed by atoms with E-state index in [9.17, 15) is 26.4 Å². The maximum Gasteiger partial charge on any atom is 0.534 e. The third-order valence-electron chi connectivity index (χ3n) is 1.99. The molecule has 0 atom stereocenters. The molecule has 0 saturated carbocycles. The number of carbonyl (C=O) groups excluding carboxylic acids is 1. The fourth-order valence-electron chi connectivity index (χ4n) is 1.09. The number of benzene rings is 1. The van der Waals surface area contributed by atoms with Crippen molar-refractivity contribution in [2.24, 2.45) is 0 Å². The van der Waals surface area contributed by atoms with Crippen molar-refractivity contribution < 1.29 is 35.3 Å². The summed E-state index contributed by atoms with van der Waals surface area (Å²) >= 11 is 0. The van der Waals surface area contributed by atoms with Crippen LogP contribution in [0.3, 0.4) is 0 Å². The SMILES string of the molecule is COC(=O)/C=C(\OS(=O)(=O)C(F)(F)F)c1ccccc1. The van der Waals surface area contributed by atoms with Crippen LogP contribution in [0.15, 0.2) is 36.4 Å². The second-order valence-electron chi connectivity index (χ2n) is 3.38. The number of hydrogen-bond donors (Lipinski definition) is 0. The van der Waals surface area contributed by atoms with Gasteiger partial charge in [0, 0.05) is 5.56 Å². The Morgan fingerprint density at radius 2 is 1.75 bits per heavy atom. The number of ether oxygens (including phenoxy) is 1. The van der Waals surface area contributed by atoms with Crippen LogP contribution in [0.1, 0.15) is 5.56 Å². The van der Waals surface area contributed by atoms with Gasteiger partial charge in [0.15, 0.2) is 5.76 Å². The molecule has 0 aliphatic rings. The molecule has 0 N–H and O–H groups in total. The molecule has 20 heavy (non-hydrogen) atoms. The Balaban J connectivity index is 3.22. The molecule has 0 unspecified atom stereocenters. The fraction of sp³-hybridized carbons (Fsp3) is 0.182. The molecule has 0 spiro atoms. The topological polar surface area (TPSA) is 69.7 Å². The highest BCUT2D eigenvalue weighted by Gasteiger charge is 2.49. The first kappa shape index (κ1) is 16.0. The highest BCUT2D eigenvalue weighted by molar-refractivity contribution is 7.87. The van der Waals surface area contributed by atoms with Crippen LogP contribution >= 0.6 is 0 Å². The number of halogens is 3. The molecule has 0 fully saturated rings. The van der Waals surface area contributed by atoms with Gasteiger partial charge in [-0.1, -0.05) is 30.3 Å². The zero-order valence-electron chi connectivity index (χ0n) is 10.0. The molecule has 1 aromatic carbocycles. The van der Waals surface area contributed by atoms with Gasteiger partial charge in [0.05, 0.1) is 13.2 Å². The van der Waals surface area contributed by atoms with Gasteiger partial charge in [0.25, 0.3) is 0 Å². The smallest absolute Gasteiger partial charge is 0.466 e. The lowest BCUT2D eigenvalue weighted by Crippen LogP contribution is -2.25. The summed E-state index contributed by atoms with van der Waals surface area (Å²) in [5.41, 5.74) is -5.62. The number of carbonyl (C=O) groups is 1. The van der Waals surface area contributed by atoms with Crippen LogP contribution in [-0.2, 0) is 23.8 Å². The number of hydrogen-bond acceptors (Lipinski definition) is 5. The third-order valence-corrected chi connectivity index (χ3v) is 2.96. The summed E-state index contributed by atoms with van der Waals surface area (Å²) in [7, 11) is -4.89. The first-order chi connectivity index (χ1) is 9.17. The lowest BCUT2D eigenvalue weighted by Gasteiger charge is -2.12. The Morgan fingerprint density at radius 1 is 1.20 bits per heavy atom. The largest absolute Gasteiger partial charge is 0.534 e. The Kier molecular flexibility index (Phi) is 4.77. The van der Waals surface area contributed by atoms with E-state index in [1.165, 1.54) is 24.3 Å². The highest BCUT2D eigenvalue weighted by Crippen LogP contribution is 2.29. The number of rotatable bonds is 4. The fourth-order valence-corrected chi connectivity index (χ4v) is 1.56. The molecule has 0 amide bonds. The van der Waals surface area contributed by atoms with Crippen LogP contribution in [0.4, 0.5) is 13.2 Å². The van der Waals surface area contributed by atoms with Gasteiger partial charge in [-0.15, -0.1) is 0 Å². The molecule has 0 heterocycles. The van der Waals surface area contributed by atoms with Gasteiger partial charge in [-0.2, -0.15) is 21.6 Å². The Bertz CT molecular complexity index is 605. The summed E-state index contributed by atoms with van der Waals surface area (Å²) in [4.78, 5) is 11.1. The van der Waals surface area contributed by atoms with Crippen molar-refractivity contribution in [1.29, 1.82) is 0 Å². The van der Waals surface area contributed by atoms with E-state index in [0.29, 0.717) is 6.08 Å². The van der Waals surface area contributed by atoms with Gasteiger partial charge in [0.1, 0.15) is 0 Å². The summed E-state index contributed by atoms with van der Waals surface area (Å²) < 4.78 is 66.9. The minimum absolute atomic E-state index is 0.0225. The van der Waals surface area contributed by atoms with Crippen molar-refractivity contribution in [1.82, 2.24) is 0 Å². The molecule has 0 aliphatic heterocycles. The molecule has 0 saturated heterocycles. The first-order valence-corrected chi connectivity index (χ1v) is 6.44. The van der Waals surface area contributed by atoms with Crippen molar-refractivity contribution in [3.8, 4) is 0 Å². The number of methoxy groups -OCH3 is 1. The molecule has 1 rings (SSSR count). The predicted molar refractivity (Wildman–Crippen MR) is 62.5 cm³/mol. The minimum Gasteiger partial charge on any atom is -0.466 e. The molecule has 5 nitrogen and oxygen atoms in total. The predicted octanol–water partition coefficient (Wildman–Crippen LogP) is 2.07. The molecular weight excluding hydrogens is 301 g/mol.